The van der Waals surface area contributed by atoms with E-state index in [0.29, 0.717) is 12.4 Å². The number of aromatic nitrogens is 1. The zero-order valence-corrected chi connectivity index (χ0v) is 19.5. The lowest BCUT2D eigenvalue weighted by molar-refractivity contribution is 0.245. The number of oxazole rings is 1. The molecule has 0 bridgehead atoms. The Morgan fingerprint density at radius 3 is 2.55 bits per heavy atom. The number of nitrogens with one attached hydrogen (secondary N) is 2. The molecular formula is C26H33N5O2. The third kappa shape index (κ3) is 6.14. The highest BCUT2D eigenvalue weighted by atomic mass is 16.5. The summed E-state index contributed by atoms with van der Waals surface area (Å²) in [6, 6.07) is 18.6. The summed E-state index contributed by atoms with van der Waals surface area (Å²) in [5.74, 6) is 2.27. The summed E-state index contributed by atoms with van der Waals surface area (Å²) in [5, 5.41) is 6.89. The predicted molar refractivity (Wildman–Crippen MR) is 131 cm³/mol. The Morgan fingerprint density at radius 2 is 1.85 bits per heavy atom. The van der Waals surface area contributed by atoms with Crippen LogP contribution < -0.4 is 15.4 Å². The second kappa shape index (κ2) is 11.5. The maximum Gasteiger partial charge on any atom is 0.226 e. The zero-order chi connectivity index (χ0) is 22.9. The van der Waals surface area contributed by atoms with Gasteiger partial charge in [0.2, 0.25) is 5.89 Å². The molecule has 1 unspecified atom stereocenters. The fourth-order valence-electron chi connectivity index (χ4n) is 4.13. The molecule has 2 heterocycles. The van der Waals surface area contributed by atoms with Crippen LogP contribution in [-0.4, -0.2) is 49.1 Å². The predicted octanol–water partition coefficient (Wildman–Crippen LogP) is 4.24. The van der Waals surface area contributed by atoms with Gasteiger partial charge in [0.05, 0.1) is 19.7 Å². The van der Waals surface area contributed by atoms with Gasteiger partial charge in [-0.15, -0.1) is 0 Å². The summed E-state index contributed by atoms with van der Waals surface area (Å²) in [4.78, 5) is 11.9. The van der Waals surface area contributed by atoms with Gasteiger partial charge >= 0.3 is 0 Å². The van der Waals surface area contributed by atoms with Crippen molar-refractivity contribution >= 4 is 5.96 Å². The molecule has 1 aliphatic rings. The summed E-state index contributed by atoms with van der Waals surface area (Å²) in [5.41, 5.74) is 3.05. The van der Waals surface area contributed by atoms with E-state index < -0.39 is 0 Å². The fourth-order valence-corrected chi connectivity index (χ4v) is 4.13. The van der Waals surface area contributed by atoms with Crippen LogP contribution in [0.15, 0.2) is 70.3 Å². The SMILES string of the molecule is CCNC(=NCc1coc(-c2ccccc2)n1)NCC(c1ccc(OC)cc1)N1CCCC1. The second-order valence-electron chi connectivity index (χ2n) is 8.12. The Kier molecular flexibility index (Phi) is 7.98. The van der Waals surface area contributed by atoms with Crippen LogP contribution in [0, 0.1) is 0 Å². The van der Waals surface area contributed by atoms with Crippen molar-refractivity contribution in [2.24, 2.45) is 4.99 Å². The van der Waals surface area contributed by atoms with Crippen molar-refractivity contribution in [2.75, 3.05) is 33.3 Å². The summed E-state index contributed by atoms with van der Waals surface area (Å²) >= 11 is 0. The number of hydrogen-bond acceptors (Lipinski definition) is 5. The van der Waals surface area contributed by atoms with E-state index in [4.69, 9.17) is 14.1 Å². The molecule has 33 heavy (non-hydrogen) atoms. The summed E-state index contributed by atoms with van der Waals surface area (Å²) in [6.45, 7) is 6.31. The van der Waals surface area contributed by atoms with Crippen LogP contribution in [0.5, 0.6) is 5.75 Å². The molecule has 1 atom stereocenters. The first-order chi connectivity index (χ1) is 16.3. The minimum atomic E-state index is 0.277. The summed E-state index contributed by atoms with van der Waals surface area (Å²) in [6.07, 6.45) is 4.17. The van der Waals surface area contributed by atoms with Gasteiger partial charge in [0.25, 0.3) is 0 Å². The molecule has 1 fully saturated rings. The number of aliphatic imine (C=N–C) groups is 1. The van der Waals surface area contributed by atoms with Gasteiger partial charge in [0.15, 0.2) is 5.96 Å². The van der Waals surface area contributed by atoms with Crippen LogP contribution in [-0.2, 0) is 6.54 Å². The number of guanidine groups is 1. The van der Waals surface area contributed by atoms with Crippen molar-refractivity contribution in [3.05, 3.63) is 72.1 Å². The second-order valence-corrected chi connectivity index (χ2v) is 8.12. The molecule has 2 aromatic carbocycles. The standard InChI is InChI=1S/C26H33N5O2/c1-3-27-26(28-17-22-19-33-25(30-22)21-9-5-4-6-10-21)29-18-24(31-15-7-8-16-31)20-11-13-23(32-2)14-12-20/h4-6,9-14,19,24H,3,7-8,15-18H2,1-2H3,(H2,27,28,29). The number of nitrogens with zero attached hydrogens (tertiary/aromatic N) is 3. The molecule has 4 rings (SSSR count). The molecule has 1 aliphatic heterocycles. The normalized spacial score (nSPS) is 15.4. The number of rotatable bonds is 9. The number of methoxy groups -OCH3 is 1. The van der Waals surface area contributed by atoms with Crippen LogP contribution >= 0.6 is 0 Å². The first-order valence-electron chi connectivity index (χ1n) is 11.7. The van der Waals surface area contributed by atoms with Crippen molar-refractivity contribution in [3.63, 3.8) is 0 Å². The van der Waals surface area contributed by atoms with Crippen LogP contribution in [0.2, 0.25) is 0 Å². The monoisotopic (exact) mass is 447 g/mol. The maximum atomic E-state index is 5.65. The average Bonchev–Trinajstić information content (AvgIpc) is 3.56. The molecule has 0 aliphatic carbocycles. The maximum absolute atomic E-state index is 5.65. The van der Waals surface area contributed by atoms with Gasteiger partial charge in [0, 0.05) is 18.7 Å². The molecule has 0 radical (unpaired) electrons. The molecule has 3 aromatic rings. The van der Waals surface area contributed by atoms with E-state index in [1.54, 1.807) is 13.4 Å². The van der Waals surface area contributed by atoms with Gasteiger partial charge in [-0.25, -0.2) is 9.98 Å². The summed E-state index contributed by atoms with van der Waals surface area (Å²) < 4.78 is 11.0. The van der Waals surface area contributed by atoms with E-state index in [1.165, 1.54) is 18.4 Å². The van der Waals surface area contributed by atoms with Crippen molar-refractivity contribution < 1.29 is 9.15 Å². The molecule has 7 heteroatoms. The van der Waals surface area contributed by atoms with Crippen LogP contribution in [0.4, 0.5) is 0 Å². The van der Waals surface area contributed by atoms with Crippen molar-refractivity contribution in [3.8, 4) is 17.2 Å². The molecule has 0 amide bonds. The molecule has 0 spiro atoms. The van der Waals surface area contributed by atoms with Crippen LogP contribution in [0.3, 0.4) is 0 Å². The van der Waals surface area contributed by atoms with Gasteiger partial charge in [-0.2, -0.15) is 0 Å². The van der Waals surface area contributed by atoms with E-state index in [-0.39, 0.29) is 6.04 Å². The Balaban J connectivity index is 1.43. The number of hydrogen-bond donors (Lipinski definition) is 2. The fraction of sp³-hybridized carbons (Fsp3) is 0.385. The minimum Gasteiger partial charge on any atom is -0.497 e. The lowest BCUT2D eigenvalue weighted by atomic mass is 10.1. The van der Waals surface area contributed by atoms with Gasteiger partial charge in [-0.05, 0) is 62.7 Å². The molecule has 0 saturated carbocycles. The van der Waals surface area contributed by atoms with Crippen LogP contribution in [0.25, 0.3) is 11.5 Å². The molecular weight excluding hydrogens is 414 g/mol. The average molecular weight is 448 g/mol. The van der Waals surface area contributed by atoms with E-state index in [0.717, 1.165) is 49.1 Å². The molecule has 2 N–H and O–H groups in total. The molecule has 1 aromatic heterocycles. The summed E-state index contributed by atoms with van der Waals surface area (Å²) in [7, 11) is 1.70. The highest BCUT2D eigenvalue weighted by Crippen LogP contribution is 2.26. The van der Waals surface area contributed by atoms with Crippen molar-refractivity contribution in [1.29, 1.82) is 0 Å². The Labute approximate surface area is 195 Å². The van der Waals surface area contributed by atoms with Gasteiger partial charge < -0.3 is 19.8 Å². The zero-order valence-electron chi connectivity index (χ0n) is 19.5. The largest absolute Gasteiger partial charge is 0.497 e. The number of ether oxygens (including phenoxy) is 1. The van der Waals surface area contributed by atoms with Gasteiger partial charge in [-0.3, -0.25) is 4.90 Å². The van der Waals surface area contributed by atoms with E-state index >= 15 is 0 Å². The molecule has 174 valence electrons. The Bertz CT molecular complexity index is 1010. The smallest absolute Gasteiger partial charge is 0.226 e. The third-order valence-corrected chi connectivity index (χ3v) is 5.86. The lowest BCUT2D eigenvalue weighted by Gasteiger charge is -2.29. The third-order valence-electron chi connectivity index (χ3n) is 5.86. The Morgan fingerprint density at radius 1 is 1.09 bits per heavy atom. The Hall–Kier alpha value is -3.32. The van der Waals surface area contributed by atoms with E-state index in [9.17, 15) is 0 Å². The highest BCUT2D eigenvalue weighted by molar-refractivity contribution is 5.79. The minimum absolute atomic E-state index is 0.277. The van der Waals surface area contributed by atoms with Gasteiger partial charge in [-0.1, -0.05) is 30.3 Å². The topological polar surface area (TPSA) is 74.9 Å². The van der Waals surface area contributed by atoms with Crippen molar-refractivity contribution in [2.45, 2.75) is 32.4 Å². The first kappa shape index (κ1) is 22.9. The van der Waals surface area contributed by atoms with Crippen LogP contribution in [0.1, 0.15) is 37.1 Å². The first-order valence-corrected chi connectivity index (χ1v) is 11.7. The number of likely N-dealkylation sites (tertiary alicyclic amines) is 1. The highest BCUT2D eigenvalue weighted by Gasteiger charge is 2.23. The molecule has 1 saturated heterocycles. The lowest BCUT2D eigenvalue weighted by Crippen LogP contribution is -2.42. The van der Waals surface area contributed by atoms with Crippen molar-refractivity contribution in [1.82, 2.24) is 20.5 Å². The van der Waals surface area contributed by atoms with Gasteiger partial charge in [0.1, 0.15) is 17.7 Å². The van der Waals surface area contributed by atoms with E-state index in [2.05, 4.69) is 39.6 Å². The quantitative estimate of drug-likeness (QED) is 0.377. The van der Waals surface area contributed by atoms with E-state index in [1.807, 2.05) is 42.5 Å². The number of benzene rings is 2. The molecule has 7 nitrogen and oxygen atoms in total.